The Labute approximate surface area is 97.9 Å². The molecule has 1 rings (SSSR count). The number of allylic oxidation sites excluding steroid dienone is 3. The third-order valence-corrected chi connectivity index (χ3v) is 4.22. The molecule has 0 aliphatic heterocycles. The van der Waals surface area contributed by atoms with E-state index in [1.54, 1.807) is 18.2 Å². The second-order valence-electron chi connectivity index (χ2n) is 2.77. The Hall–Kier alpha value is 0.200. The Kier molecular flexibility index (Phi) is 3.60. The zero-order chi connectivity index (χ0) is 10.1. The molecule has 2 unspecified atom stereocenters. The van der Waals surface area contributed by atoms with Crippen molar-refractivity contribution < 1.29 is 9.90 Å². The van der Waals surface area contributed by atoms with Crippen LogP contribution in [0.15, 0.2) is 23.3 Å². The first-order valence-electron chi connectivity index (χ1n) is 3.53. The van der Waals surface area contributed by atoms with Gasteiger partial charge >= 0.3 is 5.97 Å². The van der Waals surface area contributed by atoms with E-state index in [4.69, 9.17) is 16.7 Å². The summed E-state index contributed by atoms with van der Waals surface area (Å²) in [4.78, 5) is 10.8. The molecule has 2 nitrogen and oxygen atoms in total. The lowest BCUT2D eigenvalue weighted by atomic mass is 9.84. The standard InChI is InChI=1S/C8H7Br2ClO2/c9-4-8(7(12)13)2-1-5(11)3-6(8)10/h1-3,6H,4H2,(H,12,13). The highest BCUT2D eigenvalue weighted by atomic mass is 79.9. The Bertz CT molecular complexity index is 288. The number of halogens is 3. The molecule has 0 bridgehead atoms. The van der Waals surface area contributed by atoms with Crippen LogP contribution < -0.4 is 0 Å². The third kappa shape index (κ3) is 2.00. The van der Waals surface area contributed by atoms with Crippen LogP contribution in [0.5, 0.6) is 0 Å². The molecule has 5 heteroatoms. The molecule has 0 fully saturated rings. The van der Waals surface area contributed by atoms with Crippen LogP contribution in [0, 0.1) is 5.41 Å². The quantitative estimate of drug-likeness (QED) is 0.791. The molecule has 0 aromatic heterocycles. The summed E-state index contributed by atoms with van der Waals surface area (Å²) in [5.41, 5.74) is -0.932. The van der Waals surface area contributed by atoms with Gasteiger partial charge in [-0.3, -0.25) is 4.79 Å². The molecular weight excluding hydrogens is 323 g/mol. The predicted molar refractivity (Wildman–Crippen MR) is 59.7 cm³/mol. The SMILES string of the molecule is O=C(O)C1(CBr)C=CC(Cl)=CC1Br. The molecule has 72 valence electrons. The lowest BCUT2D eigenvalue weighted by molar-refractivity contribution is -0.144. The summed E-state index contributed by atoms with van der Waals surface area (Å²) in [5, 5.41) is 9.97. The Morgan fingerprint density at radius 3 is 2.77 bits per heavy atom. The van der Waals surface area contributed by atoms with Gasteiger partial charge in [-0.2, -0.15) is 0 Å². The van der Waals surface area contributed by atoms with E-state index in [1.807, 2.05) is 0 Å². The number of rotatable bonds is 2. The van der Waals surface area contributed by atoms with E-state index >= 15 is 0 Å². The molecule has 0 saturated carbocycles. The lowest BCUT2D eigenvalue weighted by Crippen LogP contribution is -2.39. The largest absolute Gasteiger partial charge is 0.481 e. The maximum Gasteiger partial charge on any atom is 0.315 e. The van der Waals surface area contributed by atoms with E-state index in [0.717, 1.165) is 0 Å². The van der Waals surface area contributed by atoms with Crippen molar-refractivity contribution in [3.05, 3.63) is 23.3 Å². The zero-order valence-electron chi connectivity index (χ0n) is 6.51. The van der Waals surface area contributed by atoms with Crippen molar-refractivity contribution in [1.29, 1.82) is 0 Å². The summed E-state index contributed by atoms with van der Waals surface area (Å²) >= 11 is 12.2. The highest BCUT2D eigenvalue weighted by Crippen LogP contribution is 2.37. The molecule has 0 saturated heterocycles. The predicted octanol–water partition coefficient (Wildman–Crippen LogP) is 2.91. The fourth-order valence-electron chi connectivity index (χ4n) is 1.03. The van der Waals surface area contributed by atoms with Crippen LogP contribution in [-0.4, -0.2) is 21.2 Å². The average Bonchev–Trinajstić information content (AvgIpc) is 2.04. The highest BCUT2D eigenvalue weighted by molar-refractivity contribution is 9.10. The van der Waals surface area contributed by atoms with Gasteiger partial charge < -0.3 is 5.11 Å². The summed E-state index contributed by atoms with van der Waals surface area (Å²) in [6.45, 7) is 0. The maximum atomic E-state index is 11.0. The van der Waals surface area contributed by atoms with E-state index in [1.165, 1.54) is 0 Å². The van der Waals surface area contributed by atoms with Gasteiger partial charge in [0.05, 0.1) is 4.83 Å². The molecule has 0 aromatic rings. The fraction of sp³-hybridized carbons (Fsp3) is 0.375. The monoisotopic (exact) mass is 328 g/mol. The summed E-state index contributed by atoms with van der Waals surface area (Å²) in [7, 11) is 0. The summed E-state index contributed by atoms with van der Waals surface area (Å²) in [5.74, 6) is -0.872. The van der Waals surface area contributed by atoms with Crippen LogP contribution in [0.25, 0.3) is 0 Å². The smallest absolute Gasteiger partial charge is 0.315 e. The molecule has 0 spiro atoms. The van der Waals surface area contributed by atoms with Crippen LogP contribution in [0.2, 0.25) is 0 Å². The molecular formula is C8H7Br2ClO2. The first kappa shape index (κ1) is 11.3. The minimum atomic E-state index is -0.932. The van der Waals surface area contributed by atoms with Gasteiger partial charge in [-0.25, -0.2) is 0 Å². The van der Waals surface area contributed by atoms with Gasteiger partial charge in [-0.05, 0) is 6.08 Å². The van der Waals surface area contributed by atoms with Gasteiger partial charge in [-0.1, -0.05) is 55.6 Å². The van der Waals surface area contributed by atoms with Crippen LogP contribution in [0.1, 0.15) is 0 Å². The van der Waals surface area contributed by atoms with Crippen molar-refractivity contribution in [2.24, 2.45) is 5.41 Å². The van der Waals surface area contributed by atoms with Crippen molar-refractivity contribution >= 4 is 49.4 Å². The number of carbonyl (C=O) groups is 1. The van der Waals surface area contributed by atoms with E-state index in [2.05, 4.69) is 31.9 Å². The first-order valence-corrected chi connectivity index (χ1v) is 5.94. The Morgan fingerprint density at radius 2 is 2.38 bits per heavy atom. The number of hydrogen-bond acceptors (Lipinski definition) is 1. The first-order chi connectivity index (χ1) is 6.03. The summed E-state index contributed by atoms with van der Waals surface area (Å²) in [6, 6.07) is 0. The van der Waals surface area contributed by atoms with Gasteiger partial charge in [-0.15, -0.1) is 0 Å². The minimum Gasteiger partial charge on any atom is -0.481 e. The number of carboxylic acid groups (broad SMARTS) is 1. The third-order valence-electron chi connectivity index (χ3n) is 1.96. The molecule has 0 aromatic carbocycles. The summed E-state index contributed by atoms with van der Waals surface area (Å²) < 4.78 is 0. The normalized spacial score (nSPS) is 32.8. The van der Waals surface area contributed by atoms with Crippen LogP contribution in [0.4, 0.5) is 0 Å². The second kappa shape index (κ2) is 4.15. The fourth-order valence-corrected chi connectivity index (χ4v) is 3.38. The van der Waals surface area contributed by atoms with Gasteiger partial charge in [0.1, 0.15) is 5.41 Å². The molecule has 0 amide bonds. The van der Waals surface area contributed by atoms with Gasteiger partial charge in [0.25, 0.3) is 0 Å². The lowest BCUT2D eigenvalue weighted by Gasteiger charge is -2.29. The van der Waals surface area contributed by atoms with Crippen molar-refractivity contribution in [3.63, 3.8) is 0 Å². The highest BCUT2D eigenvalue weighted by Gasteiger charge is 2.42. The van der Waals surface area contributed by atoms with Crippen molar-refractivity contribution in [3.8, 4) is 0 Å². The zero-order valence-corrected chi connectivity index (χ0v) is 10.4. The minimum absolute atomic E-state index is 0.283. The van der Waals surface area contributed by atoms with E-state index in [0.29, 0.717) is 10.4 Å². The van der Waals surface area contributed by atoms with Gasteiger partial charge in [0.15, 0.2) is 0 Å². The van der Waals surface area contributed by atoms with Crippen LogP contribution in [-0.2, 0) is 4.79 Å². The molecule has 0 heterocycles. The number of carboxylic acids is 1. The van der Waals surface area contributed by atoms with Crippen molar-refractivity contribution in [2.45, 2.75) is 4.83 Å². The van der Waals surface area contributed by atoms with Crippen LogP contribution >= 0.6 is 43.5 Å². The van der Waals surface area contributed by atoms with Crippen molar-refractivity contribution in [2.75, 3.05) is 5.33 Å². The molecule has 0 radical (unpaired) electrons. The topological polar surface area (TPSA) is 37.3 Å². The van der Waals surface area contributed by atoms with Crippen molar-refractivity contribution in [1.82, 2.24) is 0 Å². The molecule has 1 N–H and O–H groups in total. The van der Waals surface area contributed by atoms with Gasteiger partial charge in [0.2, 0.25) is 0 Å². The number of alkyl halides is 2. The Morgan fingerprint density at radius 1 is 1.77 bits per heavy atom. The molecule has 1 aliphatic carbocycles. The van der Waals surface area contributed by atoms with E-state index in [9.17, 15) is 4.79 Å². The van der Waals surface area contributed by atoms with Crippen LogP contribution in [0.3, 0.4) is 0 Å². The average molecular weight is 330 g/mol. The number of aliphatic carboxylic acids is 1. The number of hydrogen-bond donors (Lipinski definition) is 1. The molecule has 1 aliphatic rings. The van der Waals surface area contributed by atoms with E-state index < -0.39 is 11.4 Å². The Balaban J connectivity index is 3.05. The molecule has 13 heavy (non-hydrogen) atoms. The maximum absolute atomic E-state index is 11.0. The van der Waals surface area contributed by atoms with Gasteiger partial charge in [0, 0.05) is 10.4 Å². The molecule has 2 atom stereocenters. The summed E-state index contributed by atoms with van der Waals surface area (Å²) in [6.07, 6.45) is 4.89. The van der Waals surface area contributed by atoms with E-state index in [-0.39, 0.29) is 4.83 Å². The second-order valence-corrected chi connectivity index (χ2v) is 4.75.